The van der Waals surface area contributed by atoms with Crippen molar-refractivity contribution >= 4 is 28.7 Å². The minimum atomic E-state index is -0.399. The van der Waals surface area contributed by atoms with Gasteiger partial charge in [-0.05, 0) is 93.9 Å². The molecule has 1 unspecified atom stereocenters. The summed E-state index contributed by atoms with van der Waals surface area (Å²) >= 11 is 0. The highest BCUT2D eigenvalue weighted by Crippen LogP contribution is 2.37. The first-order valence-electron chi connectivity index (χ1n) is 13.6. The van der Waals surface area contributed by atoms with E-state index in [1.54, 1.807) is 4.90 Å². The maximum absolute atomic E-state index is 11.7. The number of fused-ring (bicyclic) bond motifs is 1. The molecule has 1 aromatic heterocycles. The Kier molecular flexibility index (Phi) is 11.6. The molecule has 5 heteroatoms. The molecule has 0 aliphatic carbocycles. The fourth-order valence-electron chi connectivity index (χ4n) is 4.86. The van der Waals surface area contributed by atoms with Gasteiger partial charge >= 0.3 is 0 Å². The molecule has 1 aliphatic heterocycles. The lowest BCUT2D eigenvalue weighted by Gasteiger charge is -2.31. The second kappa shape index (κ2) is 14.1. The Labute approximate surface area is 224 Å². The third-order valence-electron chi connectivity index (χ3n) is 7.18. The Morgan fingerprint density at radius 1 is 1.19 bits per heavy atom. The first kappa shape index (κ1) is 30.3. The number of piperidine rings is 1. The van der Waals surface area contributed by atoms with Crippen LogP contribution < -0.4 is 0 Å². The number of aromatic nitrogens is 1. The number of benzene rings is 1. The molecule has 1 amide bonds. The van der Waals surface area contributed by atoms with Crippen molar-refractivity contribution in [1.29, 1.82) is 0 Å². The first-order valence-corrected chi connectivity index (χ1v) is 13.6. The summed E-state index contributed by atoms with van der Waals surface area (Å²) in [6.45, 7) is 16.4. The Bertz CT molecular complexity index is 1130. The molecule has 2 heterocycles. The number of carbonyl (C=O) groups is 2. The molecule has 3 rings (SSSR count). The van der Waals surface area contributed by atoms with E-state index >= 15 is 0 Å². The normalized spacial score (nSPS) is 16.1. The van der Waals surface area contributed by atoms with Crippen molar-refractivity contribution in [1.82, 2.24) is 14.8 Å². The lowest BCUT2D eigenvalue weighted by atomic mass is 9.87. The number of nitrogens with one attached hydrogen (secondary N) is 1. The quantitative estimate of drug-likeness (QED) is 0.240. The van der Waals surface area contributed by atoms with Crippen LogP contribution in [0, 0.1) is 5.92 Å². The zero-order chi connectivity index (χ0) is 27.7. The van der Waals surface area contributed by atoms with Gasteiger partial charge in [-0.25, -0.2) is 0 Å². The number of rotatable bonds is 8. The van der Waals surface area contributed by atoms with E-state index in [1.807, 2.05) is 32.1 Å². The molecule has 202 valence electrons. The molecule has 5 nitrogen and oxygen atoms in total. The number of H-pyrrole nitrogens is 1. The van der Waals surface area contributed by atoms with Crippen LogP contribution in [0.1, 0.15) is 82.5 Å². The third kappa shape index (κ3) is 8.03. The fraction of sp³-hybridized carbons (Fsp3) is 0.500. The molecule has 0 saturated carbocycles. The van der Waals surface area contributed by atoms with Crippen LogP contribution in [0.25, 0.3) is 16.5 Å². The molecule has 0 radical (unpaired) electrons. The lowest BCUT2D eigenvalue weighted by molar-refractivity contribution is -0.139. The number of amides is 1. The largest absolute Gasteiger partial charge is 0.354 e. The minimum Gasteiger partial charge on any atom is -0.354 e. The molecule has 37 heavy (non-hydrogen) atoms. The summed E-state index contributed by atoms with van der Waals surface area (Å²) in [7, 11) is 6.00. The van der Waals surface area contributed by atoms with Gasteiger partial charge in [0.05, 0.1) is 0 Å². The summed E-state index contributed by atoms with van der Waals surface area (Å²) in [6.07, 6.45) is 9.58. The number of hydrogen-bond donors (Lipinski definition) is 1. The highest BCUT2D eigenvalue weighted by molar-refractivity contribution is 6.23. The molecule has 1 fully saturated rings. The number of allylic oxidation sites excluding steroid dienone is 5. The molecular weight excluding hydrogens is 458 g/mol. The van der Waals surface area contributed by atoms with E-state index in [9.17, 15) is 9.59 Å². The average molecular weight is 506 g/mol. The van der Waals surface area contributed by atoms with E-state index in [0.717, 1.165) is 24.8 Å². The van der Waals surface area contributed by atoms with Gasteiger partial charge in [0, 0.05) is 29.7 Å². The predicted octanol–water partition coefficient (Wildman–Crippen LogP) is 6.94. The number of aromatic amines is 1. The minimum absolute atomic E-state index is 0.363. The van der Waals surface area contributed by atoms with Crippen LogP contribution in [0.4, 0.5) is 0 Å². The van der Waals surface area contributed by atoms with Gasteiger partial charge in [0.2, 0.25) is 6.29 Å². The molecule has 1 aliphatic rings. The molecule has 1 saturated heterocycles. The van der Waals surface area contributed by atoms with Crippen LogP contribution in [0.2, 0.25) is 0 Å². The molecule has 1 N–H and O–H groups in total. The number of hydrogen-bond acceptors (Lipinski definition) is 3. The number of nitrogens with zero attached hydrogens (tertiary/aromatic N) is 2. The number of aldehydes is 1. The predicted molar refractivity (Wildman–Crippen MR) is 158 cm³/mol. The van der Waals surface area contributed by atoms with Crippen LogP contribution in [-0.2, 0) is 9.59 Å². The van der Waals surface area contributed by atoms with Crippen LogP contribution in [-0.4, -0.2) is 61.2 Å². The number of carbonyl (C=O) groups excluding carboxylic acids is 2. The van der Waals surface area contributed by atoms with E-state index in [1.165, 1.54) is 33.4 Å². The SMILES string of the molecule is C=C/C=C(\C=C(\C)C(C)CC)c1[nH]c2ccc(C3CCN(C(=O)C=O)CC3)cc2c1C(C)C.CN(C)C. The van der Waals surface area contributed by atoms with Crippen LogP contribution in [0.3, 0.4) is 0 Å². The van der Waals surface area contributed by atoms with E-state index in [0.29, 0.717) is 37.1 Å². The smallest absolute Gasteiger partial charge is 0.286 e. The van der Waals surface area contributed by atoms with E-state index < -0.39 is 5.91 Å². The standard InChI is InChI=1S/C29H38N2O2.C3H9N/c1-7-9-24(16-21(6)20(5)8-2)29-28(19(3)4)25-17-23(10-11-26(25)30-29)22-12-14-31(15-13-22)27(33)18-32;1-4(2)3/h7,9-11,16-20,22,30H,1,8,12-15H2,2-6H3;1-3H3/b21-16-,24-9+;. The molecule has 0 bridgehead atoms. The summed E-state index contributed by atoms with van der Waals surface area (Å²) in [5.41, 5.74) is 7.51. The molecule has 0 spiro atoms. The average Bonchev–Trinajstić information content (AvgIpc) is 3.26. The van der Waals surface area contributed by atoms with Gasteiger partial charge < -0.3 is 14.8 Å². The first-order chi connectivity index (χ1) is 17.5. The monoisotopic (exact) mass is 505 g/mol. The maximum atomic E-state index is 11.7. The Hall–Kier alpha value is -2.92. The van der Waals surface area contributed by atoms with Crippen molar-refractivity contribution in [2.45, 2.75) is 65.7 Å². The van der Waals surface area contributed by atoms with Gasteiger partial charge in [-0.3, -0.25) is 9.59 Å². The molecule has 1 atom stereocenters. The zero-order valence-electron chi connectivity index (χ0n) is 24.2. The van der Waals surface area contributed by atoms with Gasteiger partial charge in [0.15, 0.2) is 0 Å². The highest BCUT2D eigenvalue weighted by atomic mass is 16.2. The third-order valence-corrected chi connectivity index (χ3v) is 7.18. The van der Waals surface area contributed by atoms with Crippen molar-refractivity contribution in [3.05, 3.63) is 65.4 Å². The fourth-order valence-corrected chi connectivity index (χ4v) is 4.86. The second-order valence-electron chi connectivity index (χ2n) is 11.0. The van der Waals surface area contributed by atoms with Crippen molar-refractivity contribution in [2.24, 2.45) is 5.92 Å². The van der Waals surface area contributed by atoms with Crippen molar-refractivity contribution in [3.63, 3.8) is 0 Å². The zero-order valence-corrected chi connectivity index (χ0v) is 24.2. The van der Waals surface area contributed by atoms with Gasteiger partial charge in [-0.2, -0.15) is 0 Å². The van der Waals surface area contributed by atoms with Crippen molar-refractivity contribution in [2.75, 3.05) is 34.2 Å². The van der Waals surface area contributed by atoms with Crippen molar-refractivity contribution in [3.8, 4) is 0 Å². The Morgan fingerprint density at radius 2 is 1.81 bits per heavy atom. The molecule has 1 aromatic carbocycles. The summed E-state index contributed by atoms with van der Waals surface area (Å²) in [6, 6.07) is 6.74. The Balaban J connectivity index is 0.00000112. The van der Waals surface area contributed by atoms with Gasteiger partial charge in [0.25, 0.3) is 5.91 Å². The number of likely N-dealkylation sites (tertiary alicyclic amines) is 1. The second-order valence-corrected chi connectivity index (χ2v) is 11.0. The van der Waals surface area contributed by atoms with E-state index in [2.05, 4.69) is 76.5 Å². The highest BCUT2D eigenvalue weighted by Gasteiger charge is 2.25. The van der Waals surface area contributed by atoms with E-state index in [4.69, 9.17) is 0 Å². The summed E-state index contributed by atoms with van der Waals surface area (Å²) in [4.78, 5) is 29.9. The maximum Gasteiger partial charge on any atom is 0.286 e. The topological polar surface area (TPSA) is 56.4 Å². The lowest BCUT2D eigenvalue weighted by Crippen LogP contribution is -2.38. The van der Waals surface area contributed by atoms with Crippen LogP contribution in [0.5, 0.6) is 0 Å². The summed E-state index contributed by atoms with van der Waals surface area (Å²) in [5.74, 6) is 0.901. The van der Waals surface area contributed by atoms with Gasteiger partial charge in [-0.15, -0.1) is 0 Å². The molecule has 2 aromatic rings. The van der Waals surface area contributed by atoms with Crippen LogP contribution in [0.15, 0.2) is 48.6 Å². The molecular formula is C32H47N3O2. The summed E-state index contributed by atoms with van der Waals surface area (Å²) < 4.78 is 0. The summed E-state index contributed by atoms with van der Waals surface area (Å²) in [5, 5.41) is 1.27. The van der Waals surface area contributed by atoms with Crippen LogP contribution >= 0.6 is 0 Å². The Morgan fingerprint density at radius 3 is 2.32 bits per heavy atom. The van der Waals surface area contributed by atoms with E-state index in [-0.39, 0.29) is 0 Å². The van der Waals surface area contributed by atoms with Gasteiger partial charge in [-0.1, -0.05) is 64.1 Å². The van der Waals surface area contributed by atoms with Crippen molar-refractivity contribution < 1.29 is 9.59 Å². The van der Waals surface area contributed by atoms with Gasteiger partial charge in [0.1, 0.15) is 0 Å².